The van der Waals surface area contributed by atoms with Gasteiger partial charge in [-0.15, -0.1) is 0 Å². The van der Waals surface area contributed by atoms with E-state index in [9.17, 15) is 4.79 Å². The number of rotatable bonds is 5. The summed E-state index contributed by atoms with van der Waals surface area (Å²) in [6, 6.07) is 0. The topological polar surface area (TPSA) is 72.9 Å². The first kappa shape index (κ1) is 12.3. The van der Waals surface area contributed by atoms with Gasteiger partial charge in [0, 0.05) is 24.0 Å². The Morgan fingerprint density at radius 2 is 2.41 bits per heavy atom. The maximum atomic E-state index is 11.9. The molecular formula is C11H18N4OS. The lowest BCUT2D eigenvalue weighted by Gasteiger charge is -2.12. The van der Waals surface area contributed by atoms with Gasteiger partial charge < -0.3 is 11.1 Å². The zero-order chi connectivity index (χ0) is 12.5. The van der Waals surface area contributed by atoms with Crippen LogP contribution >= 0.6 is 11.8 Å². The Bertz CT molecular complexity index is 425. The number of thioether (sulfide) groups is 1. The van der Waals surface area contributed by atoms with Gasteiger partial charge in [-0.05, 0) is 26.0 Å². The molecule has 0 atom stereocenters. The molecule has 0 aliphatic heterocycles. The number of nitrogens with zero attached hydrogens (tertiary/aromatic N) is 2. The molecule has 1 aromatic rings. The summed E-state index contributed by atoms with van der Waals surface area (Å²) in [5.74, 6) is -0.171. The van der Waals surface area contributed by atoms with Crippen molar-refractivity contribution < 1.29 is 4.79 Å². The summed E-state index contributed by atoms with van der Waals surface area (Å²) in [5.41, 5.74) is 6.54. The predicted octanol–water partition coefficient (Wildman–Crippen LogP) is 1.11. The van der Waals surface area contributed by atoms with Crippen molar-refractivity contribution >= 4 is 23.4 Å². The van der Waals surface area contributed by atoms with E-state index in [4.69, 9.17) is 5.73 Å². The van der Waals surface area contributed by atoms with Gasteiger partial charge in [-0.1, -0.05) is 0 Å². The summed E-state index contributed by atoms with van der Waals surface area (Å²) < 4.78 is 1.93. The third kappa shape index (κ3) is 2.57. The summed E-state index contributed by atoms with van der Waals surface area (Å²) in [6.07, 6.45) is 6.12. The zero-order valence-corrected chi connectivity index (χ0v) is 11.0. The molecule has 1 aliphatic rings. The number of nitrogen functional groups attached to an aromatic ring is 1. The molecule has 0 saturated heterocycles. The van der Waals surface area contributed by atoms with Gasteiger partial charge in [0.05, 0.1) is 5.69 Å². The molecule has 6 heteroatoms. The van der Waals surface area contributed by atoms with Crippen molar-refractivity contribution in [1.82, 2.24) is 15.1 Å². The zero-order valence-electron chi connectivity index (χ0n) is 10.2. The van der Waals surface area contributed by atoms with E-state index in [0.717, 1.165) is 0 Å². The fourth-order valence-corrected chi connectivity index (χ4v) is 2.42. The van der Waals surface area contributed by atoms with Gasteiger partial charge >= 0.3 is 0 Å². The highest BCUT2D eigenvalue weighted by molar-refractivity contribution is 8.00. The average Bonchev–Trinajstić information content (AvgIpc) is 3.03. The maximum Gasteiger partial charge on any atom is 0.273 e. The molecule has 3 N–H and O–H groups in total. The van der Waals surface area contributed by atoms with Crippen LogP contribution in [0.3, 0.4) is 0 Å². The lowest BCUT2D eigenvalue weighted by Crippen LogP contribution is -2.32. The molecular weight excluding hydrogens is 236 g/mol. The van der Waals surface area contributed by atoms with Crippen LogP contribution in [-0.4, -0.2) is 33.2 Å². The molecule has 94 valence electrons. The minimum Gasteiger partial charge on any atom is -0.396 e. The smallest absolute Gasteiger partial charge is 0.273 e. The number of nitrogens with two attached hydrogens (primary N) is 1. The molecule has 1 aliphatic carbocycles. The molecule has 1 heterocycles. The molecule has 0 radical (unpaired) electrons. The van der Waals surface area contributed by atoms with Crippen LogP contribution in [0.1, 0.15) is 30.3 Å². The normalized spacial score (nSPS) is 16.8. The molecule has 5 nitrogen and oxygen atoms in total. The Morgan fingerprint density at radius 1 is 1.71 bits per heavy atom. The largest absolute Gasteiger partial charge is 0.396 e. The molecule has 0 spiro atoms. The number of hydrogen-bond acceptors (Lipinski definition) is 4. The van der Waals surface area contributed by atoms with Gasteiger partial charge in [-0.25, -0.2) is 0 Å². The third-order valence-electron chi connectivity index (χ3n) is 3.14. The summed E-state index contributed by atoms with van der Waals surface area (Å²) in [4.78, 5) is 11.9. The van der Waals surface area contributed by atoms with E-state index in [-0.39, 0.29) is 10.7 Å². The van der Waals surface area contributed by atoms with Gasteiger partial charge in [-0.3, -0.25) is 9.48 Å². The summed E-state index contributed by atoms with van der Waals surface area (Å²) in [6.45, 7) is 3.37. The van der Waals surface area contributed by atoms with Crippen LogP contribution in [0.25, 0.3) is 0 Å². The highest BCUT2D eigenvalue weighted by Gasteiger charge is 2.42. The SMILES string of the molecule is CCn1cc(N)c(C(=O)NCC2(SC)CC2)n1. The van der Waals surface area contributed by atoms with Crippen LogP contribution in [0.15, 0.2) is 6.20 Å². The molecule has 1 fully saturated rings. The first-order valence-corrected chi connectivity index (χ1v) is 6.99. The summed E-state index contributed by atoms with van der Waals surface area (Å²) >= 11 is 1.82. The molecule has 0 aromatic carbocycles. The Balaban J connectivity index is 1.97. The highest BCUT2D eigenvalue weighted by Crippen LogP contribution is 2.46. The molecule has 2 rings (SSSR count). The maximum absolute atomic E-state index is 11.9. The fraction of sp³-hybridized carbons (Fsp3) is 0.636. The van der Waals surface area contributed by atoms with E-state index in [0.29, 0.717) is 24.5 Å². The third-order valence-corrected chi connectivity index (χ3v) is 4.56. The van der Waals surface area contributed by atoms with Crippen molar-refractivity contribution in [3.05, 3.63) is 11.9 Å². The number of aryl methyl sites for hydroxylation is 1. The van der Waals surface area contributed by atoms with E-state index in [2.05, 4.69) is 16.7 Å². The van der Waals surface area contributed by atoms with Crippen LogP contribution in [-0.2, 0) is 6.54 Å². The Kier molecular flexibility index (Phi) is 3.33. The summed E-state index contributed by atoms with van der Waals surface area (Å²) in [7, 11) is 0. The monoisotopic (exact) mass is 254 g/mol. The Hall–Kier alpha value is -1.17. The van der Waals surface area contributed by atoms with E-state index in [1.54, 1.807) is 10.9 Å². The summed E-state index contributed by atoms with van der Waals surface area (Å²) in [5, 5.41) is 7.06. The second-order valence-electron chi connectivity index (χ2n) is 4.36. The number of hydrogen-bond donors (Lipinski definition) is 2. The van der Waals surface area contributed by atoms with Crippen molar-refractivity contribution in [3.8, 4) is 0 Å². The lowest BCUT2D eigenvalue weighted by atomic mass is 10.3. The Morgan fingerprint density at radius 3 is 2.88 bits per heavy atom. The molecule has 0 bridgehead atoms. The minimum atomic E-state index is -0.171. The van der Waals surface area contributed by atoms with Gasteiger partial charge in [0.15, 0.2) is 5.69 Å². The van der Waals surface area contributed by atoms with Crippen molar-refractivity contribution in [3.63, 3.8) is 0 Å². The van der Waals surface area contributed by atoms with Crippen molar-refractivity contribution in [2.24, 2.45) is 0 Å². The number of anilines is 1. The predicted molar refractivity (Wildman–Crippen MR) is 70.1 cm³/mol. The molecule has 1 aromatic heterocycles. The molecule has 1 saturated carbocycles. The minimum absolute atomic E-state index is 0.171. The second kappa shape index (κ2) is 4.60. The first-order valence-electron chi connectivity index (χ1n) is 5.76. The number of carbonyl (C=O) groups excluding carboxylic acids is 1. The molecule has 1 amide bonds. The fourth-order valence-electron chi connectivity index (χ4n) is 1.69. The van der Waals surface area contributed by atoms with Gasteiger partial charge in [0.2, 0.25) is 0 Å². The first-order chi connectivity index (χ1) is 8.10. The van der Waals surface area contributed by atoms with E-state index in [1.165, 1.54) is 12.8 Å². The van der Waals surface area contributed by atoms with E-state index in [1.807, 2.05) is 18.7 Å². The van der Waals surface area contributed by atoms with E-state index < -0.39 is 0 Å². The van der Waals surface area contributed by atoms with Gasteiger partial charge in [0.1, 0.15) is 0 Å². The lowest BCUT2D eigenvalue weighted by molar-refractivity contribution is 0.0948. The standard InChI is InChI=1S/C11H18N4OS/c1-3-15-6-8(12)9(14-15)10(16)13-7-11(17-2)4-5-11/h6H,3-5,7,12H2,1-2H3,(H,13,16). The highest BCUT2D eigenvalue weighted by atomic mass is 32.2. The van der Waals surface area contributed by atoms with Crippen LogP contribution in [0.5, 0.6) is 0 Å². The van der Waals surface area contributed by atoms with E-state index >= 15 is 0 Å². The van der Waals surface area contributed by atoms with Crippen LogP contribution in [0, 0.1) is 0 Å². The van der Waals surface area contributed by atoms with Crippen molar-refractivity contribution in [2.45, 2.75) is 31.1 Å². The number of amides is 1. The Labute approximate surface area is 105 Å². The van der Waals surface area contributed by atoms with Crippen molar-refractivity contribution in [2.75, 3.05) is 18.5 Å². The number of carbonyl (C=O) groups is 1. The molecule has 0 unspecified atom stereocenters. The number of aromatic nitrogens is 2. The van der Waals surface area contributed by atoms with Crippen LogP contribution in [0.2, 0.25) is 0 Å². The van der Waals surface area contributed by atoms with Crippen molar-refractivity contribution in [1.29, 1.82) is 0 Å². The van der Waals surface area contributed by atoms with Gasteiger partial charge in [0.25, 0.3) is 5.91 Å². The number of nitrogens with one attached hydrogen (secondary N) is 1. The second-order valence-corrected chi connectivity index (χ2v) is 5.63. The average molecular weight is 254 g/mol. The van der Waals surface area contributed by atoms with Crippen LogP contribution < -0.4 is 11.1 Å². The van der Waals surface area contributed by atoms with Gasteiger partial charge in [-0.2, -0.15) is 16.9 Å². The van der Waals surface area contributed by atoms with Crippen LogP contribution in [0.4, 0.5) is 5.69 Å². The molecule has 17 heavy (non-hydrogen) atoms. The quantitative estimate of drug-likeness (QED) is 0.825.